The number of carbonyl (C=O) groups excluding carboxylic acids is 1. The van der Waals surface area contributed by atoms with Crippen molar-refractivity contribution in [3.05, 3.63) is 40.7 Å². The largest absolute Gasteiger partial charge is 0.484 e. The molecule has 1 saturated heterocycles. The lowest BCUT2D eigenvalue weighted by molar-refractivity contribution is -0.133. The Kier molecular flexibility index (Phi) is 5.18. The summed E-state index contributed by atoms with van der Waals surface area (Å²) in [4.78, 5) is 16.5. The second-order valence-electron chi connectivity index (χ2n) is 6.40. The fourth-order valence-corrected chi connectivity index (χ4v) is 3.12. The summed E-state index contributed by atoms with van der Waals surface area (Å²) in [7, 11) is 1.90. The van der Waals surface area contributed by atoms with Crippen LogP contribution in [0.15, 0.2) is 24.5 Å². The van der Waals surface area contributed by atoms with E-state index in [9.17, 15) is 4.79 Å². The fraction of sp³-hybridized carbons (Fsp3) is 0.444. The molecular formula is C18H23ClN4O2. The Morgan fingerprint density at radius 1 is 1.20 bits per heavy atom. The molecule has 1 amide bonds. The number of ether oxygens (including phenoxy) is 1. The van der Waals surface area contributed by atoms with Crippen molar-refractivity contribution in [2.24, 2.45) is 7.05 Å². The number of anilines is 1. The molecule has 1 aliphatic rings. The summed E-state index contributed by atoms with van der Waals surface area (Å²) in [5.74, 6) is 0.692. The number of rotatable bonds is 4. The van der Waals surface area contributed by atoms with E-state index in [1.165, 1.54) is 0 Å². The van der Waals surface area contributed by atoms with Crippen LogP contribution in [0.3, 0.4) is 0 Å². The summed E-state index contributed by atoms with van der Waals surface area (Å²) in [6.07, 6.45) is 3.84. The first-order valence-corrected chi connectivity index (χ1v) is 8.73. The van der Waals surface area contributed by atoms with Crippen molar-refractivity contribution in [1.29, 1.82) is 0 Å². The second kappa shape index (κ2) is 7.35. The van der Waals surface area contributed by atoms with E-state index in [1.54, 1.807) is 4.68 Å². The zero-order chi connectivity index (χ0) is 18.0. The molecular weight excluding hydrogens is 340 g/mol. The van der Waals surface area contributed by atoms with E-state index in [0.717, 1.165) is 34.9 Å². The van der Waals surface area contributed by atoms with Crippen LogP contribution in [-0.4, -0.2) is 53.4 Å². The second-order valence-corrected chi connectivity index (χ2v) is 6.78. The molecule has 2 heterocycles. The first-order valence-electron chi connectivity index (χ1n) is 8.35. The number of halogens is 1. The van der Waals surface area contributed by atoms with Crippen LogP contribution in [0.1, 0.15) is 11.1 Å². The molecule has 25 heavy (non-hydrogen) atoms. The lowest BCUT2D eigenvalue weighted by Crippen LogP contribution is -2.50. The smallest absolute Gasteiger partial charge is 0.260 e. The van der Waals surface area contributed by atoms with E-state index < -0.39 is 0 Å². The van der Waals surface area contributed by atoms with Crippen LogP contribution in [0.5, 0.6) is 5.75 Å². The number of aromatic nitrogens is 2. The topological polar surface area (TPSA) is 50.6 Å². The quantitative estimate of drug-likeness (QED) is 0.838. The number of aryl methyl sites for hydroxylation is 3. The van der Waals surface area contributed by atoms with E-state index in [0.29, 0.717) is 18.8 Å². The minimum Gasteiger partial charge on any atom is -0.484 e. The minimum atomic E-state index is 0.0103. The first-order chi connectivity index (χ1) is 11.9. The van der Waals surface area contributed by atoms with Gasteiger partial charge in [0.25, 0.3) is 5.91 Å². The number of hydrogen-bond acceptors (Lipinski definition) is 4. The van der Waals surface area contributed by atoms with Crippen LogP contribution in [0, 0.1) is 13.8 Å². The molecule has 0 radical (unpaired) electrons. The third kappa shape index (κ3) is 4.07. The Morgan fingerprint density at radius 2 is 1.84 bits per heavy atom. The van der Waals surface area contributed by atoms with Crippen molar-refractivity contribution in [2.45, 2.75) is 13.8 Å². The first kappa shape index (κ1) is 17.6. The van der Waals surface area contributed by atoms with Gasteiger partial charge in [0.1, 0.15) is 5.75 Å². The van der Waals surface area contributed by atoms with Gasteiger partial charge >= 0.3 is 0 Å². The van der Waals surface area contributed by atoms with Gasteiger partial charge in [-0.05, 0) is 37.1 Å². The highest BCUT2D eigenvalue weighted by atomic mass is 35.5. The molecule has 134 valence electrons. The van der Waals surface area contributed by atoms with Crippen molar-refractivity contribution in [3.8, 4) is 5.75 Å². The van der Waals surface area contributed by atoms with Crippen molar-refractivity contribution < 1.29 is 9.53 Å². The van der Waals surface area contributed by atoms with Gasteiger partial charge in [-0.15, -0.1) is 0 Å². The highest BCUT2D eigenvalue weighted by Crippen LogP contribution is 2.26. The predicted molar refractivity (Wildman–Crippen MR) is 98.4 cm³/mol. The predicted octanol–water partition coefficient (Wildman–Crippen LogP) is 2.42. The Bertz CT molecular complexity index is 743. The third-order valence-electron chi connectivity index (χ3n) is 4.46. The van der Waals surface area contributed by atoms with Crippen LogP contribution < -0.4 is 9.64 Å². The Morgan fingerprint density at radius 3 is 2.40 bits per heavy atom. The number of nitrogens with zero attached hydrogens (tertiary/aromatic N) is 4. The fourth-order valence-electron chi connectivity index (χ4n) is 3.01. The van der Waals surface area contributed by atoms with Crippen molar-refractivity contribution in [3.63, 3.8) is 0 Å². The highest BCUT2D eigenvalue weighted by Gasteiger charge is 2.22. The Labute approximate surface area is 152 Å². The Balaban J connectivity index is 1.51. The van der Waals surface area contributed by atoms with E-state index in [4.69, 9.17) is 16.3 Å². The zero-order valence-corrected chi connectivity index (χ0v) is 15.6. The van der Waals surface area contributed by atoms with Crippen LogP contribution in [0.2, 0.25) is 5.02 Å². The summed E-state index contributed by atoms with van der Waals surface area (Å²) >= 11 is 6.16. The van der Waals surface area contributed by atoms with Gasteiger partial charge in [-0.3, -0.25) is 9.48 Å². The maximum atomic E-state index is 12.4. The molecule has 1 aromatic carbocycles. The summed E-state index contributed by atoms with van der Waals surface area (Å²) < 4.78 is 7.46. The normalized spacial score (nSPS) is 14.7. The molecule has 0 bridgehead atoms. The summed E-state index contributed by atoms with van der Waals surface area (Å²) in [5, 5.41) is 4.94. The molecule has 0 spiro atoms. The van der Waals surface area contributed by atoms with Crippen molar-refractivity contribution in [2.75, 3.05) is 37.7 Å². The van der Waals surface area contributed by atoms with Gasteiger partial charge < -0.3 is 14.5 Å². The molecule has 0 unspecified atom stereocenters. The Hall–Kier alpha value is -2.21. The van der Waals surface area contributed by atoms with Crippen molar-refractivity contribution >= 4 is 23.2 Å². The van der Waals surface area contributed by atoms with Gasteiger partial charge in [0.05, 0.1) is 11.9 Å². The lowest BCUT2D eigenvalue weighted by Gasteiger charge is -2.35. The van der Waals surface area contributed by atoms with Gasteiger partial charge in [-0.2, -0.15) is 5.10 Å². The SMILES string of the molecule is Cc1cc(OCC(=O)N2CCN(c3cnn(C)c3)CC2)cc(C)c1Cl. The van der Waals surface area contributed by atoms with Crippen LogP contribution in [0.4, 0.5) is 5.69 Å². The molecule has 1 fully saturated rings. The standard InChI is InChI=1S/C18H23ClN4O2/c1-13-8-16(9-14(2)18(13)19)25-12-17(24)23-6-4-22(5-7-23)15-10-20-21(3)11-15/h8-11H,4-7,12H2,1-3H3. The van der Waals surface area contributed by atoms with Crippen LogP contribution >= 0.6 is 11.6 Å². The highest BCUT2D eigenvalue weighted by molar-refractivity contribution is 6.32. The molecule has 1 aromatic heterocycles. The van der Waals surface area contributed by atoms with E-state index in [2.05, 4.69) is 10.00 Å². The van der Waals surface area contributed by atoms with E-state index in [1.807, 2.05) is 50.3 Å². The maximum Gasteiger partial charge on any atom is 0.260 e. The summed E-state index contributed by atoms with van der Waals surface area (Å²) in [6, 6.07) is 3.73. The zero-order valence-electron chi connectivity index (χ0n) is 14.8. The molecule has 6 nitrogen and oxygen atoms in total. The van der Waals surface area contributed by atoms with Gasteiger partial charge in [-0.25, -0.2) is 0 Å². The monoisotopic (exact) mass is 362 g/mol. The van der Waals surface area contributed by atoms with Gasteiger partial charge in [-0.1, -0.05) is 11.6 Å². The van der Waals surface area contributed by atoms with E-state index in [-0.39, 0.29) is 12.5 Å². The van der Waals surface area contributed by atoms with Crippen molar-refractivity contribution in [1.82, 2.24) is 14.7 Å². The number of carbonyl (C=O) groups is 1. The molecule has 0 aliphatic carbocycles. The lowest BCUT2D eigenvalue weighted by atomic mass is 10.1. The molecule has 2 aromatic rings. The number of piperazine rings is 1. The van der Waals surface area contributed by atoms with Crippen LogP contribution in [-0.2, 0) is 11.8 Å². The van der Waals surface area contributed by atoms with Gasteiger partial charge in [0, 0.05) is 44.4 Å². The maximum absolute atomic E-state index is 12.4. The molecule has 7 heteroatoms. The molecule has 1 aliphatic heterocycles. The average Bonchev–Trinajstić information content (AvgIpc) is 3.04. The number of hydrogen-bond donors (Lipinski definition) is 0. The third-order valence-corrected chi connectivity index (χ3v) is 5.06. The summed E-state index contributed by atoms with van der Waals surface area (Å²) in [6.45, 7) is 6.90. The molecule has 3 rings (SSSR count). The van der Waals surface area contributed by atoms with Gasteiger partial charge in [0.15, 0.2) is 6.61 Å². The average molecular weight is 363 g/mol. The van der Waals surface area contributed by atoms with Crippen LogP contribution in [0.25, 0.3) is 0 Å². The number of amides is 1. The minimum absolute atomic E-state index is 0.0103. The van der Waals surface area contributed by atoms with E-state index >= 15 is 0 Å². The molecule has 0 saturated carbocycles. The molecule has 0 N–H and O–H groups in total. The number of benzene rings is 1. The van der Waals surface area contributed by atoms with Gasteiger partial charge in [0.2, 0.25) is 0 Å². The molecule has 0 atom stereocenters. The summed E-state index contributed by atoms with van der Waals surface area (Å²) in [5.41, 5.74) is 3.00.